The number of terminal acetylenes is 1. The minimum atomic E-state index is -0.393. The average molecular weight is 293 g/mol. The second kappa shape index (κ2) is 6.42. The molecule has 2 nitrogen and oxygen atoms in total. The molecule has 2 heteroatoms. The van der Waals surface area contributed by atoms with Crippen molar-refractivity contribution in [1.29, 1.82) is 0 Å². The van der Waals surface area contributed by atoms with Gasteiger partial charge in [0.2, 0.25) is 0 Å². The number of aromatic nitrogens is 1. The summed E-state index contributed by atoms with van der Waals surface area (Å²) >= 11 is 0. The van der Waals surface area contributed by atoms with Gasteiger partial charge in [-0.05, 0) is 50.3 Å². The summed E-state index contributed by atoms with van der Waals surface area (Å²) in [5, 5.41) is 0. The molecule has 1 aromatic carbocycles. The Hall–Kier alpha value is -1.98. The lowest BCUT2D eigenvalue weighted by Crippen LogP contribution is -2.35. The van der Waals surface area contributed by atoms with Gasteiger partial charge in [0.25, 0.3) is 0 Å². The summed E-state index contributed by atoms with van der Waals surface area (Å²) in [6.07, 6.45) is 13.3. The van der Waals surface area contributed by atoms with E-state index < -0.39 is 5.60 Å². The molecule has 1 aromatic heterocycles. The molecule has 22 heavy (non-hydrogen) atoms. The van der Waals surface area contributed by atoms with Crippen LogP contribution in [0.15, 0.2) is 48.7 Å². The molecule has 1 saturated carbocycles. The molecule has 0 amide bonds. The number of hydrogen-bond acceptors (Lipinski definition) is 1. The number of rotatable bonds is 4. The smallest absolute Gasteiger partial charge is 0.133 e. The van der Waals surface area contributed by atoms with E-state index in [1.165, 1.54) is 12.0 Å². The van der Waals surface area contributed by atoms with E-state index in [4.69, 9.17) is 11.2 Å². The van der Waals surface area contributed by atoms with E-state index in [0.29, 0.717) is 0 Å². The molecule has 0 aliphatic heterocycles. The van der Waals surface area contributed by atoms with Crippen LogP contribution in [0.4, 0.5) is 0 Å². The lowest BCUT2D eigenvalue weighted by atomic mass is 9.85. The van der Waals surface area contributed by atoms with Crippen molar-refractivity contribution in [2.45, 2.75) is 50.9 Å². The summed E-state index contributed by atoms with van der Waals surface area (Å²) in [5.41, 5.74) is 1.97. The van der Waals surface area contributed by atoms with E-state index in [1.807, 2.05) is 6.07 Å². The molecule has 2 aromatic rings. The van der Waals surface area contributed by atoms with Gasteiger partial charge in [-0.3, -0.25) is 0 Å². The molecule has 1 aliphatic carbocycles. The van der Waals surface area contributed by atoms with Gasteiger partial charge in [-0.2, -0.15) is 0 Å². The van der Waals surface area contributed by atoms with Crippen molar-refractivity contribution in [3.63, 3.8) is 0 Å². The zero-order chi connectivity index (χ0) is 15.4. The Bertz CT molecular complexity index is 644. The van der Waals surface area contributed by atoms with Crippen molar-refractivity contribution in [3.05, 3.63) is 48.7 Å². The maximum Gasteiger partial charge on any atom is 0.133 e. The number of nitrogens with zero attached hydrogens (tertiary/aromatic N) is 1. The largest absolute Gasteiger partial charge is 0.339 e. The van der Waals surface area contributed by atoms with E-state index in [2.05, 4.69) is 60.0 Å². The van der Waals surface area contributed by atoms with Crippen LogP contribution < -0.4 is 0 Å². The molecule has 1 heterocycles. The highest BCUT2D eigenvalue weighted by atomic mass is 16.5. The third kappa shape index (κ3) is 2.96. The monoisotopic (exact) mass is 293 g/mol. The maximum atomic E-state index is 6.36. The van der Waals surface area contributed by atoms with Crippen LogP contribution >= 0.6 is 0 Å². The maximum absolute atomic E-state index is 6.36. The van der Waals surface area contributed by atoms with Gasteiger partial charge in [-0.15, -0.1) is 6.42 Å². The zero-order valence-electron chi connectivity index (χ0n) is 13.2. The minimum Gasteiger partial charge on any atom is -0.339 e. The number of ether oxygens (including phenoxy) is 1. The lowest BCUT2D eigenvalue weighted by molar-refractivity contribution is -0.0997. The van der Waals surface area contributed by atoms with Gasteiger partial charge in [0.1, 0.15) is 11.8 Å². The van der Waals surface area contributed by atoms with Crippen LogP contribution in [0, 0.1) is 12.3 Å². The highest BCUT2D eigenvalue weighted by molar-refractivity contribution is 5.59. The Balaban J connectivity index is 1.83. The standard InChI is InChI=1S/C20H23NO/c1-3-20(14-8-5-9-15-20)22-17(2)21-16-10-13-19(21)18-11-6-4-7-12-18/h1,4,6-7,10-13,16-17H,5,8-9,14-15H2,2H3/t17-/m0/s1. The number of benzene rings is 1. The molecule has 1 fully saturated rings. The molecule has 0 bridgehead atoms. The zero-order valence-corrected chi connectivity index (χ0v) is 13.2. The first-order valence-electron chi connectivity index (χ1n) is 8.12. The summed E-state index contributed by atoms with van der Waals surface area (Å²) in [6, 6.07) is 14.6. The quantitative estimate of drug-likeness (QED) is 0.721. The van der Waals surface area contributed by atoms with Crippen molar-refractivity contribution < 1.29 is 4.74 Å². The SMILES string of the molecule is C#CC1(O[C@@H](C)n2cccc2-c2ccccc2)CCCCC1. The molecule has 1 atom stereocenters. The van der Waals surface area contributed by atoms with Crippen LogP contribution in [0.25, 0.3) is 11.3 Å². The Labute approximate surface area is 133 Å². The molecule has 0 N–H and O–H groups in total. The Kier molecular flexibility index (Phi) is 4.36. The topological polar surface area (TPSA) is 14.2 Å². The molecule has 114 valence electrons. The normalized spacial score (nSPS) is 18.5. The van der Waals surface area contributed by atoms with Crippen LogP contribution in [-0.2, 0) is 4.74 Å². The first kappa shape index (κ1) is 14.9. The van der Waals surface area contributed by atoms with Gasteiger partial charge in [0, 0.05) is 6.20 Å². The number of hydrogen-bond donors (Lipinski definition) is 0. The van der Waals surface area contributed by atoms with Gasteiger partial charge in [0.05, 0.1) is 5.69 Å². The Morgan fingerprint density at radius 3 is 2.50 bits per heavy atom. The molecule has 1 aliphatic rings. The fourth-order valence-corrected chi connectivity index (χ4v) is 3.37. The fourth-order valence-electron chi connectivity index (χ4n) is 3.37. The van der Waals surface area contributed by atoms with Gasteiger partial charge >= 0.3 is 0 Å². The van der Waals surface area contributed by atoms with Crippen molar-refractivity contribution >= 4 is 0 Å². The summed E-state index contributed by atoms with van der Waals surface area (Å²) in [4.78, 5) is 0. The third-order valence-electron chi connectivity index (χ3n) is 4.56. The van der Waals surface area contributed by atoms with Crippen LogP contribution in [0.5, 0.6) is 0 Å². The van der Waals surface area contributed by atoms with E-state index in [9.17, 15) is 0 Å². The van der Waals surface area contributed by atoms with E-state index in [1.54, 1.807) is 0 Å². The van der Waals surface area contributed by atoms with Gasteiger partial charge in [-0.25, -0.2) is 0 Å². The summed E-state index contributed by atoms with van der Waals surface area (Å²) in [6.45, 7) is 2.08. The lowest BCUT2D eigenvalue weighted by Gasteiger charge is -2.35. The highest BCUT2D eigenvalue weighted by Crippen LogP contribution is 2.35. The minimum absolute atomic E-state index is 0.0700. The second-order valence-electron chi connectivity index (χ2n) is 6.08. The first-order chi connectivity index (χ1) is 10.7. The second-order valence-corrected chi connectivity index (χ2v) is 6.08. The predicted molar refractivity (Wildman–Crippen MR) is 90.3 cm³/mol. The third-order valence-corrected chi connectivity index (χ3v) is 4.56. The summed E-state index contributed by atoms with van der Waals surface area (Å²) in [5.74, 6) is 2.93. The molecule has 0 saturated heterocycles. The molecule has 0 radical (unpaired) electrons. The van der Waals surface area contributed by atoms with Crippen molar-refractivity contribution in [3.8, 4) is 23.6 Å². The van der Waals surface area contributed by atoms with Crippen LogP contribution in [0.2, 0.25) is 0 Å². The fraction of sp³-hybridized carbons (Fsp3) is 0.400. The van der Waals surface area contributed by atoms with Crippen molar-refractivity contribution in [2.24, 2.45) is 0 Å². The summed E-state index contributed by atoms with van der Waals surface area (Å²) < 4.78 is 8.53. The van der Waals surface area contributed by atoms with E-state index in [0.717, 1.165) is 31.4 Å². The van der Waals surface area contributed by atoms with Gasteiger partial charge < -0.3 is 9.30 Å². The predicted octanol–water partition coefficient (Wildman–Crippen LogP) is 5.03. The first-order valence-corrected chi connectivity index (χ1v) is 8.12. The highest BCUT2D eigenvalue weighted by Gasteiger charge is 2.33. The van der Waals surface area contributed by atoms with Crippen molar-refractivity contribution in [2.75, 3.05) is 0 Å². The van der Waals surface area contributed by atoms with Gasteiger partial charge in [-0.1, -0.05) is 42.7 Å². The van der Waals surface area contributed by atoms with Crippen LogP contribution in [-0.4, -0.2) is 10.2 Å². The van der Waals surface area contributed by atoms with Crippen LogP contribution in [0.1, 0.15) is 45.3 Å². The summed E-state index contributed by atoms with van der Waals surface area (Å²) in [7, 11) is 0. The Morgan fingerprint density at radius 1 is 1.09 bits per heavy atom. The Morgan fingerprint density at radius 2 is 1.82 bits per heavy atom. The molecular formula is C20H23NO. The molecule has 0 spiro atoms. The average Bonchev–Trinajstić information content (AvgIpc) is 3.06. The van der Waals surface area contributed by atoms with Crippen LogP contribution in [0.3, 0.4) is 0 Å². The molecule has 0 unspecified atom stereocenters. The molecular weight excluding hydrogens is 270 g/mol. The molecule has 3 rings (SSSR count). The van der Waals surface area contributed by atoms with E-state index in [-0.39, 0.29) is 6.23 Å². The van der Waals surface area contributed by atoms with Gasteiger partial charge in [0.15, 0.2) is 0 Å². The van der Waals surface area contributed by atoms with E-state index >= 15 is 0 Å². The van der Waals surface area contributed by atoms with Crippen molar-refractivity contribution in [1.82, 2.24) is 4.57 Å².